The van der Waals surface area contributed by atoms with Gasteiger partial charge in [-0.2, -0.15) is 0 Å². The van der Waals surface area contributed by atoms with E-state index >= 15 is 0 Å². The van der Waals surface area contributed by atoms with Crippen LogP contribution in [0.2, 0.25) is 0 Å². The number of fused-ring (bicyclic) bond motifs is 1. The van der Waals surface area contributed by atoms with Crippen molar-refractivity contribution in [2.24, 2.45) is 0 Å². The van der Waals surface area contributed by atoms with Crippen LogP contribution in [0.1, 0.15) is 36.8 Å². The first-order chi connectivity index (χ1) is 9.81. The molecular weight excluding hydrogens is 286 g/mol. The third-order valence-electron chi connectivity index (χ3n) is 3.65. The highest BCUT2D eigenvalue weighted by Gasteiger charge is 2.18. The molecule has 0 fully saturated rings. The zero-order valence-corrected chi connectivity index (χ0v) is 13.9. The molecule has 116 valence electrons. The van der Waals surface area contributed by atoms with Crippen LogP contribution in [0, 0.1) is 6.92 Å². The van der Waals surface area contributed by atoms with Crippen LogP contribution in [-0.2, 0) is 16.3 Å². The lowest BCUT2D eigenvalue weighted by Gasteiger charge is -2.12. The monoisotopic (exact) mass is 309 g/mol. The van der Waals surface area contributed by atoms with Crippen LogP contribution in [0.5, 0.6) is 0 Å². The standard InChI is InChI=1S/C16H23NO3S/c1-5-13-14-10-11(2)6-7-15(14)20-16(13)12(3)17-8-9-21(4,18)19/h6-7,10,12,17H,5,8-9H2,1-4H3. The number of benzene rings is 1. The SMILES string of the molecule is CCc1c(C(C)NCCS(C)(=O)=O)oc2ccc(C)cc12. The molecule has 4 nitrogen and oxygen atoms in total. The van der Waals surface area contributed by atoms with E-state index in [9.17, 15) is 8.42 Å². The molecule has 0 aliphatic heterocycles. The molecule has 0 aliphatic carbocycles. The Bertz CT molecular complexity index is 731. The molecule has 1 aromatic carbocycles. The third kappa shape index (κ3) is 3.86. The van der Waals surface area contributed by atoms with Gasteiger partial charge in [-0.15, -0.1) is 0 Å². The molecule has 0 bridgehead atoms. The van der Waals surface area contributed by atoms with Crippen molar-refractivity contribution in [1.82, 2.24) is 5.32 Å². The van der Waals surface area contributed by atoms with Crippen LogP contribution < -0.4 is 5.32 Å². The Morgan fingerprint density at radius 2 is 2.05 bits per heavy atom. The number of rotatable bonds is 6. The van der Waals surface area contributed by atoms with E-state index in [1.165, 1.54) is 17.4 Å². The average molecular weight is 309 g/mol. The largest absolute Gasteiger partial charge is 0.459 e. The minimum absolute atomic E-state index is 0.00518. The van der Waals surface area contributed by atoms with E-state index < -0.39 is 9.84 Å². The lowest BCUT2D eigenvalue weighted by Crippen LogP contribution is -2.25. The first kappa shape index (κ1) is 16.0. The van der Waals surface area contributed by atoms with Crippen LogP contribution in [-0.4, -0.2) is 27.0 Å². The highest BCUT2D eigenvalue weighted by Crippen LogP contribution is 2.31. The van der Waals surface area contributed by atoms with Crippen LogP contribution in [0.4, 0.5) is 0 Å². The first-order valence-electron chi connectivity index (χ1n) is 7.25. The minimum Gasteiger partial charge on any atom is -0.459 e. The van der Waals surface area contributed by atoms with Gasteiger partial charge in [-0.3, -0.25) is 0 Å². The number of hydrogen-bond acceptors (Lipinski definition) is 4. The van der Waals surface area contributed by atoms with E-state index in [1.54, 1.807) is 0 Å². The van der Waals surface area contributed by atoms with Crippen molar-refractivity contribution in [3.05, 3.63) is 35.1 Å². The normalized spacial score (nSPS) is 13.7. The van der Waals surface area contributed by atoms with Crippen molar-refractivity contribution >= 4 is 20.8 Å². The molecule has 1 heterocycles. The summed E-state index contributed by atoms with van der Waals surface area (Å²) >= 11 is 0. The number of sulfone groups is 1. The maximum absolute atomic E-state index is 11.2. The Morgan fingerprint density at radius 1 is 1.33 bits per heavy atom. The lowest BCUT2D eigenvalue weighted by molar-refractivity contribution is 0.454. The van der Waals surface area contributed by atoms with E-state index in [0.717, 1.165) is 23.2 Å². The van der Waals surface area contributed by atoms with Crippen molar-refractivity contribution < 1.29 is 12.8 Å². The Labute approximate surface area is 126 Å². The molecule has 1 atom stereocenters. The van der Waals surface area contributed by atoms with E-state index in [2.05, 4.69) is 25.2 Å². The van der Waals surface area contributed by atoms with Crippen molar-refractivity contribution in [2.75, 3.05) is 18.6 Å². The minimum atomic E-state index is -2.94. The molecule has 5 heteroatoms. The fraction of sp³-hybridized carbons (Fsp3) is 0.500. The Kier molecular flexibility index (Phi) is 4.74. The second-order valence-corrected chi connectivity index (χ2v) is 7.86. The van der Waals surface area contributed by atoms with Crippen LogP contribution >= 0.6 is 0 Å². The summed E-state index contributed by atoms with van der Waals surface area (Å²) in [7, 11) is -2.94. The Balaban J connectivity index is 2.24. The van der Waals surface area contributed by atoms with Crippen LogP contribution in [0.25, 0.3) is 11.0 Å². The van der Waals surface area contributed by atoms with Crippen molar-refractivity contribution in [3.8, 4) is 0 Å². The molecule has 0 saturated carbocycles. The van der Waals surface area contributed by atoms with Gasteiger partial charge in [0, 0.05) is 23.8 Å². The maximum Gasteiger partial charge on any atom is 0.148 e. The molecule has 0 amide bonds. The number of nitrogens with one attached hydrogen (secondary N) is 1. The molecule has 0 aliphatic rings. The lowest BCUT2D eigenvalue weighted by atomic mass is 10.0. The molecular formula is C16H23NO3S. The fourth-order valence-electron chi connectivity index (χ4n) is 2.55. The number of hydrogen-bond donors (Lipinski definition) is 1. The van der Waals surface area contributed by atoms with Gasteiger partial charge < -0.3 is 9.73 Å². The van der Waals surface area contributed by atoms with Crippen molar-refractivity contribution in [2.45, 2.75) is 33.2 Å². The van der Waals surface area contributed by atoms with Gasteiger partial charge in [0.2, 0.25) is 0 Å². The number of aryl methyl sites for hydroxylation is 2. The molecule has 1 aromatic heterocycles. The second-order valence-electron chi connectivity index (χ2n) is 5.60. The van der Waals surface area contributed by atoms with E-state index in [1.807, 2.05) is 19.1 Å². The Morgan fingerprint density at radius 3 is 2.67 bits per heavy atom. The summed E-state index contributed by atoms with van der Waals surface area (Å²) in [4.78, 5) is 0. The zero-order valence-electron chi connectivity index (χ0n) is 13.1. The van der Waals surface area contributed by atoms with Gasteiger partial charge in [0.25, 0.3) is 0 Å². The summed E-state index contributed by atoms with van der Waals surface area (Å²) < 4.78 is 28.4. The van der Waals surface area contributed by atoms with Gasteiger partial charge >= 0.3 is 0 Å². The van der Waals surface area contributed by atoms with Crippen LogP contribution in [0.3, 0.4) is 0 Å². The van der Waals surface area contributed by atoms with E-state index in [4.69, 9.17) is 4.42 Å². The summed E-state index contributed by atoms with van der Waals surface area (Å²) in [5.41, 5.74) is 3.31. The van der Waals surface area contributed by atoms with Gasteiger partial charge in [0.1, 0.15) is 21.2 Å². The highest BCUT2D eigenvalue weighted by atomic mass is 32.2. The van der Waals surface area contributed by atoms with Crippen molar-refractivity contribution in [1.29, 1.82) is 0 Å². The van der Waals surface area contributed by atoms with Gasteiger partial charge in [-0.1, -0.05) is 18.6 Å². The number of furan rings is 1. The first-order valence-corrected chi connectivity index (χ1v) is 9.31. The smallest absolute Gasteiger partial charge is 0.148 e. The van der Waals surface area contributed by atoms with Crippen LogP contribution in [0.15, 0.2) is 22.6 Å². The quantitative estimate of drug-likeness (QED) is 0.891. The van der Waals surface area contributed by atoms with Gasteiger partial charge in [-0.25, -0.2) is 8.42 Å². The molecule has 21 heavy (non-hydrogen) atoms. The summed E-state index contributed by atoms with van der Waals surface area (Å²) in [6.45, 7) is 6.62. The van der Waals surface area contributed by atoms with E-state index in [0.29, 0.717) is 6.54 Å². The van der Waals surface area contributed by atoms with E-state index in [-0.39, 0.29) is 11.8 Å². The predicted molar refractivity (Wildman–Crippen MR) is 86.5 cm³/mol. The summed E-state index contributed by atoms with van der Waals surface area (Å²) in [5, 5.41) is 4.39. The highest BCUT2D eigenvalue weighted by molar-refractivity contribution is 7.90. The molecule has 1 N–H and O–H groups in total. The van der Waals surface area contributed by atoms with Gasteiger partial charge in [-0.05, 0) is 32.4 Å². The fourth-order valence-corrected chi connectivity index (χ4v) is 3.04. The van der Waals surface area contributed by atoms with Crippen molar-refractivity contribution in [3.63, 3.8) is 0 Å². The van der Waals surface area contributed by atoms with Gasteiger partial charge in [0.15, 0.2) is 0 Å². The summed E-state index contributed by atoms with van der Waals surface area (Å²) in [6, 6.07) is 6.17. The average Bonchev–Trinajstić information content (AvgIpc) is 2.74. The topological polar surface area (TPSA) is 59.3 Å². The molecule has 2 rings (SSSR count). The summed E-state index contributed by atoms with van der Waals surface area (Å²) in [6.07, 6.45) is 2.14. The molecule has 0 spiro atoms. The predicted octanol–water partition coefficient (Wildman–Crippen LogP) is 3.00. The summed E-state index contributed by atoms with van der Waals surface area (Å²) in [5.74, 6) is 1.05. The molecule has 2 aromatic rings. The maximum atomic E-state index is 11.2. The molecule has 0 saturated heterocycles. The molecule has 0 radical (unpaired) electrons. The second kappa shape index (κ2) is 6.20. The zero-order chi connectivity index (χ0) is 15.6. The molecule has 1 unspecified atom stereocenters. The third-order valence-corrected chi connectivity index (χ3v) is 4.59. The Hall–Kier alpha value is -1.33. The van der Waals surface area contributed by atoms with Gasteiger partial charge in [0.05, 0.1) is 11.8 Å².